The van der Waals surface area contributed by atoms with Gasteiger partial charge in [-0.1, -0.05) is 25.5 Å². The maximum Gasteiger partial charge on any atom is 0.243 e. The second-order valence-corrected chi connectivity index (χ2v) is 9.05. The molecule has 0 saturated carbocycles. The fourth-order valence-corrected chi connectivity index (χ4v) is 5.65. The highest BCUT2D eigenvalue weighted by atomic mass is 32.2. The Morgan fingerprint density at radius 1 is 1.31 bits per heavy atom. The van der Waals surface area contributed by atoms with E-state index in [0.29, 0.717) is 24.8 Å². The molecule has 29 heavy (non-hydrogen) atoms. The third-order valence-electron chi connectivity index (χ3n) is 5.89. The number of likely N-dealkylation sites (tertiary alicyclic amines) is 1. The van der Waals surface area contributed by atoms with Gasteiger partial charge in [0.05, 0.1) is 0 Å². The molecular formula is C22H32FN3O2S. The predicted octanol–water partition coefficient (Wildman–Crippen LogP) is 3.56. The molecule has 0 radical (unpaired) electrons. The number of halogens is 1. The Morgan fingerprint density at radius 3 is 2.86 bits per heavy atom. The highest BCUT2D eigenvalue weighted by Gasteiger charge is 2.41. The monoisotopic (exact) mass is 421 g/mol. The zero-order chi connectivity index (χ0) is 20.8. The Labute approximate surface area is 177 Å². The Morgan fingerprint density at radius 2 is 2.14 bits per heavy atom. The number of amides is 2. The van der Waals surface area contributed by atoms with Crippen molar-refractivity contribution in [3.8, 4) is 0 Å². The summed E-state index contributed by atoms with van der Waals surface area (Å²) in [5.74, 6) is 0.0188. The summed E-state index contributed by atoms with van der Waals surface area (Å²) >= 11 is 1.52. The van der Waals surface area contributed by atoms with E-state index >= 15 is 0 Å². The molecule has 3 unspecified atom stereocenters. The standard InChI is InChI=1S/C22H32FN3O2S/c1-3-20(27)26-19(15-29-22(26)17-9-6-10-18(23)14-17)21(28)24-11-7-13-25-12-5-4-8-16(25)2/h6,9-10,14,16,19,22H,3-5,7-8,11-13,15H2,1-2H3,(H,24,28). The van der Waals surface area contributed by atoms with Crippen molar-refractivity contribution in [3.05, 3.63) is 35.6 Å². The largest absolute Gasteiger partial charge is 0.354 e. The summed E-state index contributed by atoms with van der Waals surface area (Å²) in [5, 5.41) is 2.71. The van der Waals surface area contributed by atoms with E-state index in [0.717, 1.165) is 25.1 Å². The minimum Gasteiger partial charge on any atom is -0.354 e. The van der Waals surface area contributed by atoms with E-state index in [9.17, 15) is 14.0 Å². The molecule has 0 aromatic heterocycles. The Hall–Kier alpha value is -1.60. The third-order valence-corrected chi connectivity index (χ3v) is 7.21. The Bertz CT molecular complexity index is 717. The van der Waals surface area contributed by atoms with Crippen molar-refractivity contribution in [1.82, 2.24) is 15.1 Å². The topological polar surface area (TPSA) is 52.7 Å². The zero-order valence-corrected chi connectivity index (χ0v) is 18.2. The van der Waals surface area contributed by atoms with Gasteiger partial charge in [0.2, 0.25) is 11.8 Å². The summed E-state index contributed by atoms with van der Waals surface area (Å²) in [7, 11) is 0. The predicted molar refractivity (Wildman–Crippen MR) is 115 cm³/mol. The van der Waals surface area contributed by atoms with E-state index in [1.54, 1.807) is 17.9 Å². The van der Waals surface area contributed by atoms with Gasteiger partial charge in [0.1, 0.15) is 17.2 Å². The lowest BCUT2D eigenvalue weighted by atomic mass is 10.0. The average molecular weight is 422 g/mol. The number of carbonyl (C=O) groups is 2. The van der Waals surface area contributed by atoms with Crippen molar-refractivity contribution in [2.45, 2.75) is 63.4 Å². The van der Waals surface area contributed by atoms with Crippen LogP contribution < -0.4 is 5.32 Å². The molecule has 1 aromatic rings. The molecule has 2 saturated heterocycles. The first-order chi connectivity index (χ1) is 14.0. The Kier molecular flexibility index (Phi) is 7.95. The summed E-state index contributed by atoms with van der Waals surface area (Å²) in [4.78, 5) is 29.6. The molecule has 7 heteroatoms. The molecule has 2 fully saturated rings. The van der Waals surface area contributed by atoms with E-state index in [-0.39, 0.29) is 23.0 Å². The number of benzene rings is 1. The smallest absolute Gasteiger partial charge is 0.243 e. The van der Waals surface area contributed by atoms with Crippen LogP contribution in [-0.4, -0.2) is 59.1 Å². The van der Waals surface area contributed by atoms with E-state index in [1.165, 1.54) is 43.2 Å². The molecule has 2 aliphatic rings. The molecule has 160 valence electrons. The van der Waals surface area contributed by atoms with Crippen LogP contribution in [0.2, 0.25) is 0 Å². The zero-order valence-electron chi connectivity index (χ0n) is 17.4. The summed E-state index contributed by atoms with van der Waals surface area (Å²) < 4.78 is 13.7. The third kappa shape index (κ3) is 5.51. The molecule has 3 atom stereocenters. The van der Waals surface area contributed by atoms with Crippen molar-refractivity contribution in [3.63, 3.8) is 0 Å². The van der Waals surface area contributed by atoms with Crippen LogP contribution in [-0.2, 0) is 9.59 Å². The number of carbonyl (C=O) groups excluding carboxylic acids is 2. The van der Waals surface area contributed by atoms with Gasteiger partial charge >= 0.3 is 0 Å². The first-order valence-electron chi connectivity index (χ1n) is 10.7. The van der Waals surface area contributed by atoms with E-state index in [2.05, 4.69) is 17.1 Å². The van der Waals surface area contributed by atoms with Crippen molar-refractivity contribution in [2.75, 3.05) is 25.4 Å². The summed E-state index contributed by atoms with van der Waals surface area (Å²) in [5.41, 5.74) is 0.728. The van der Waals surface area contributed by atoms with Crippen LogP contribution in [0.3, 0.4) is 0 Å². The van der Waals surface area contributed by atoms with E-state index in [4.69, 9.17) is 0 Å². The molecule has 2 heterocycles. The number of rotatable bonds is 7. The van der Waals surface area contributed by atoms with Gasteiger partial charge in [0, 0.05) is 31.3 Å². The van der Waals surface area contributed by atoms with Crippen LogP contribution in [0.15, 0.2) is 24.3 Å². The van der Waals surface area contributed by atoms with Gasteiger partial charge in [-0.15, -0.1) is 11.8 Å². The van der Waals surface area contributed by atoms with Crippen LogP contribution in [0.25, 0.3) is 0 Å². The summed E-state index contributed by atoms with van der Waals surface area (Å²) in [6, 6.07) is 6.42. The number of hydrogen-bond donors (Lipinski definition) is 1. The lowest BCUT2D eigenvalue weighted by Gasteiger charge is -2.33. The second kappa shape index (κ2) is 10.4. The Balaban J connectivity index is 1.56. The molecule has 2 amide bonds. The van der Waals surface area contributed by atoms with Gasteiger partial charge in [-0.2, -0.15) is 0 Å². The van der Waals surface area contributed by atoms with E-state index < -0.39 is 6.04 Å². The fraction of sp³-hybridized carbons (Fsp3) is 0.636. The fourth-order valence-electron chi connectivity index (χ4n) is 4.21. The number of nitrogens with zero attached hydrogens (tertiary/aromatic N) is 2. The molecule has 0 bridgehead atoms. The molecule has 3 rings (SSSR count). The second-order valence-electron chi connectivity index (χ2n) is 7.94. The first kappa shape index (κ1) is 22.1. The maximum atomic E-state index is 13.7. The van der Waals surface area contributed by atoms with Gasteiger partial charge in [-0.25, -0.2) is 4.39 Å². The van der Waals surface area contributed by atoms with Crippen LogP contribution in [0.4, 0.5) is 4.39 Å². The minimum absolute atomic E-state index is 0.0773. The van der Waals surface area contributed by atoms with Crippen LogP contribution >= 0.6 is 11.8 Å². The number of hydrogen-bond acceptors (Lipinski definition) is 4. The molecule has 0 aliphatic carbocycles. The van der Waals surface area contributed by atoms with Crippen molar-refractivity contribution in [2.24, 2.45) is 0 Å². The minimum atomic E-state index is -0.505. The highest BCUT2D eigenvalue weighted by molar-refractivity contribution is 7.99. The lowest BCUT2D eigenvalue weighted by molar-refractivity contribution is -0.139. The lowest BCUT2D eigenvalue weighted by Crippen LogP contribution is -2.48. The van der Waals surface area contributed by atoms with E-state index in [1.807, 2.05) is 6.07 Å². The molecular weight excluding hydrogens is 389 g/mol. The van der Waals surface area contributed by atoms with Gasteiger partial charge in [0.25, 0.3) is 0 Å². The number of nitrogens with one attached hydrogen (secondary N) is 1. The van der Waals surface area contributed by atoms with Crippen molar-refractivity contribution >= 4 is 23.6 Å². The quantitative estimate of drug-likeness (QED) is 0.684. The highest BCUT2D eigenvalue weighted by Crippen LogP contribution is 2.41. The summed E-state index contributed by atoms with van der Waals surface area (Å²) in [6.45, 7) is 6.81. The van der Waals surface area contributed by atoms with Gasteiger partial charge < -0.3 is 15.1 Å². The van der Waals surface area contributed by atoms with Crippen LogP contribution in [0, 0.1) is 5.82 Å². The average Bonchev–Trinajstić information content (AvgIpc) is 3.17. The van der Waals surface area contributed by atoms with Crippen molar-refractivity contribution < 1.29 is 14.0 Å². The number of piperidine rings is 1. The van der Waals surface area contributed by atoms with Gasteiger partial charge in [-0.3, -0.25) is 9.59 Å². The van der Waals surface area contributed by atoms with Crippen LogP contribution in [0.1, 0.15) is 56.9 Å². The summed E-state index contributed by atoms with van der Waals surface area (Å²) in [6.07, 6.45) is 5.04. The molecule has 1 N–H and O–H groups in total. The van der Waals surface area contributed by atoms with Crippen LogP contribution in [0.5, 0.6) is 0 Å². The molecule has 1 aromatic carbocycles. The SMILES string of the molecule is CCC(=O)N1C(C(=O)NCCCN2CCCCC2C)CSC1c1cccc(F)c1. The van der Waals surface area contributed by atoms with Gasteiger partial charge in [-0.05, 0) is 50.4 Å². The normalized spacial score (nSPS) is 25.2. The van der Waals surface area contributed by atoms with Crippen molar-refractivity contribution in [1.29, 1.82) is 0 Å². The molecule has 5 nitrogen and oxygen atoms in total. The molecule has 0 spiro atoms. The van der Waals surface area contributed by atoms with Gasteiger partial charge in [0.15, 0.2) is 0 Å². The first-order valence-corrected chi connectivity index (χ1v) is 11.8. The molecule has 2 aliphatic heterocycles. The number of thioether (sulfide) groups is 1. The maximum absolute atomic E-state index is 13.7.